The minimum absolute atomic E-state index is 0.117. The molecule has 1 atom stereocenters. The van der Waals surface area contributed by atoms with Gasteiger partial charge in [-0.2, -0.15) is 0 Å². The normalized spacial score (nSPS) is 19.2. The van der Waals surface area contributed by atoms with E-state index in [9.17, 15) is 4.79 Å². The molecule has 0 spiro atoms. The molecule has 1 unspecified atom stereocenters. The number of hydrogen-bond acceptors (Lipinski definition) is 3. The standard InChI is InChI=1S/C14H19ClN2O2/c1-17(9-11-4-2-3-7-19-11)14(18)12-8-10(15)5-6-13(12)16/h5-6,8,11H,2-4,7,9,16H2,1H3. The fourth-order valence-electron chi connectivity index (χ4n) is 2.26. The second-order valence-electron chi connectivity index (χ2n) is 4.91. The lowest BCUT2D eigenvalue weighted by atomic mass is 10.1. The highest BCUT2D eigenvalue weighted by molar-refractivity contribution is 6.31. The third-order valence-electron chi connectivity index (χ3n) is 3.34. The summed E-state index contributed by atoms with van der Waals surface area (Å²) in [6.45, 7) is 1.37. The van der Waals surface area contributed by atoms with Gasteiger partial charge < -0.3 is 15.4 Å². The van der Waals surface area contributed by atoms with Gasteiger partial charge in [0, 0.05) is 30.9 Å². The predicted octanol–water partition coefficient (Wildman–Crippen LogP) is 2.56. The summed E-state index contributed by atoms with van der Waals surface area (Å²) >= 11 is 5.91. The predicted molar refractivity (Wildman–Crippen MR) is 76.4 cm³/mol. The highest BCUT2D eigenvalue weighted by atomic mass is 35.5. The van der Waals surface area contributed by atoms with Crippen molar-refractivity contribution in [2.45, 2.75) is 25.4 Å². The molecule has 1 aromatic rings. The molecule has 1 amide bonds. The Balaban J connectivity index is 2.03. The number of carbonyl (C=O) groups is 1. The van der Waals surface area contributed by atoms with Gasteiger partial charge in [-0.15, -0.1) is 0 Å². The number of benzene rings is 1. The summed E-state index contributed by atoms with van der Waals surface area (Å²) in [6.07, 6.45) is 3.40. The van der Waals surface area contributed by atoms with Crippen molar-refractivity contribution in [3.05, 3.63) is 28.8 Å². The zero-order valence-corrected chi connectivity index (χ0v) is 11.8. The molecule has 0 bridgehead atoms. The van der Waals surface area contributed by atoms with E-state index in [0.29, 0.717) is 22.8 Å². The molecule has 0 aliphatic carbocycles. The van der Waals surface area contributed by atoms with Crippen molar-refractivity contribution >= 4 is 23.2 Å². The van der Waals surface area contributed by atoms with Gasteiger partial charge in [0.2, 0.25) is 0 Å². The Labute approximate surface area is 118 Å². The largest absolute Gasteiger partial charge is 0.398 e. The smallest absolute Gasteiger partial charge is 0.255 e. The van der Waals surface area contributed by atoms with E-state index >= 15 is 0 Å². The fraction of sp³-hybridized carbons (Fsp3) is 0.500. The van der Waals surface area contributed by atoms with E-state index in [4.69, 9.17) is 22.1 Å². The molecule has 1 aliphatic heterocycles. The van der Waals surface area contributed by atoms with Crippen LogP contribution in [0.2, 0.25) is 5.02 Å². The number of amides is 1. The summed E-state index contributed by atoms with van der Waals surface area (Å²) in [7, 11) is 1.76. The molecule has 2 rings (SSSR count). The number of carbonyl (C=O) groups excluding carboxylic acids is 1. The van der Waals surface area contributed by atoms with E-state index < -0.39 is 0 Å². The van der Waals surface area contributed by atoms with Crippen molar-refractivity contribution in [2.24, 2.45) is 0 Å². The Morgan fingerprint density at radius 1 is 1.53 bits per heavy atom. The zero-order valence-electron chi connectivity index (χ0n) is 11.1. The Morgan fingerprint density at radius 2 is 2.32 bits per heavy atom. The Hall–Kier alpha value is -1.26. The molecule has 1 saturated heterocycles. The molecule has 0 radical (unpaired) electrons. The van der Waals surface area contributed by atoms with Gasteiger partial charge in [-0.3, -0.25) is 4.79 Å². The number of halogens is 1. The first-order valence-electron chi connectivity index (χ1n) is 6.50. The average molecular weight is 283 g/mol. The molecule has 1 fully saturated rings. The summed E-state index contributed by atoms with van der Waals surface area (Å²) in [5, 5.41) is 0.514. The Morgan fingerprint density at radius 3 is 3.00 bits per heavy atom. The lowest BCUT2D eigenvalue weighted by Crippen LogP contribution is -2.37. The minimum Gasteiger partial charge on any atom is -0.398 e. The van der Waals surface area contributed by atoms with Gasteiger partial charge in [0.25, 0.3) is 5.91 Å². The molecule has 1 heterocycles. The molecular weight excluding hydrogens is 264 g/mol. The van der Waals surface area contributed by atoms with E-state index in [-0.39, 0.29) is 12.0 Å². The zero-order chi connectivity index (χ0) is 13.8. The molecule has 0 saturated carbocycles. The maximum absolute atomic E-state index is 12.3. The molecule has 5 heteroatoms. The van der Waals surface area contributed by atoms with Crippen molar-refractivity contribution in [2.75, 3.05) is 25.9 Å². The summed E-state index contributed by atoms with van der Waals surface area (Å²) < 4.78 is 5.64. The van der Waals surface area contributed by atoms with Crippen LogP contribution in [-0.2, 0) is 4.74 Å². The molecule has 104 valence electrons. The molecule has 2 N–H and O–H groups in total. The molecule has 4 nitrogen and oxygen atoms in total. The Kier molecular flexibility index (Phi) is 4.66. The number of nitrogens with zero attached hydrogens (tertiary/aromatic N) is 1. The fourth-order valence-corrected chi connectivity index (χ4v) is 2.43. The Bertz CT molecular complexity index is 459. The molecular formula is C14H19ClN2O2. The molecule has 19 heavy (non-hydrogen) atoms. The first kappa shape index (κ1) is 14.2. The number of nitrogens with two attached hydrogens (primary N) is 1. The first-order valence-corrected chi connectivity index (χ1v) is 6.88. The number of rotatable bonds is 3. The van der Waals surface area contributed by atoms with Gasteiger partial charge in [0.1, 0.15) is 0 Å². The van der Waals surface area contributed by atoms with Gasteiger partial charge >= 0.3 is 0 Å². The number of hydrogen-bond donors (Lipinski definition) is 1. The quantitative estimate of drug-likeness (QED) is 0.867. The van der Waals surface area contributed by atoms with Gasteiger partial charge in [0.05, 0.1) is 11.7 Å². The van der Waals surface area contributed by atoms with Crippen LogP contribution in [0.4, 0.5) is 5.69 Å². The summed E-state index contributed by atoms with van der Waals surface area (Å²) in [6, 6.07) is 4.94. The van der Waals surface area contributed by atoms with Crippen molar-refractivity contribution in [3.63, 3.8) is 0 Å². The van der Waals surface area contributed by atoms with E-state index in [0.717, 1.165) is 25.9 Å². The number of anilines is 1. The summed E-state index contributed by atoms with van der Waals surface area (Å²) in [5.74, 6) is -0.117. The van der Waals surface area contributed by atoms with Crippen LogP contribution >= 0.6 is 11.6 Å². The van der Waals surface area contributed by atoms with Crippen molar-refractivity contribution in [3.8, 4) is 0 Å². The third kappa shape index (κ3) is 3.61. The van der Waals surface area contributed by atoms with Crippen LogP contribution in [0.3, 0.4) is 0 Å². The SMILES string of the molecule is CN(CC1CCCCO1)C(=O)c1cc(Cl)ccc1N. The van der Waals surface area contributed by atoms with Crippen LogP contribution in [0.25, 0.3) is 0 Å². The molecule has 0 aromatic heterocycles. The monoisotopic (exact) mass is 282 g/mol. The van der Waals surface area contributed by atoms with E-state index in [1.54, 1.807) is 30.1 Å². The highest BCUT2D eigenvalue weighted by Crippen LogP contribution is 2.20. The van der Waals surface area contributed by atoms with Gasteiger partial charge in [-0.25, -0.2) is 0 Å². The van der Waals surface area contributed by atoms with E-state index in [1.807, 2.05) is 0 Å². The van der Waals surface area contributed by atoms with Crippen LogP contribution in [0.1, 0.15) is 29.6 Å². The maximum atomic E-state index is 12.3. The lowest BCUT2D eigenvalue weighted by molar-refractivity contribution is -0.000169. The van der Waals surface area contributed by atoms with Crippen LogP contribution < -0.4 is 5.73 Å². The number of nitrogen functional groups attached to an aromatic ring is 1. The van der Waals surface area contributed by atoms with Crippen molar-refractivity contribution < 1.29 is 9.53 Å². The van der Waals surface area contributed by atoms with Gasteiger partial charge in [0.15, 0.2) is 0 Å². The second-order valence-corrected chi connectivity index (χ2v) is 5.34. The second kappa shape index (κ2) is 6.26. The van der Waals surface area contributed by atoms with E-state index in [2.05, 4.69) is 0 Å². The maximum Gasteiger partial charge on any atom is 0.255 e. The average Bonchev–Trinajstić information content (AvgIpc) is 2.42. The number of likely N-dealkylation sites (N-methyl/N-ethyl adjacent to an activating group) is 1. The van der Waals surface area contributed by atoms with Gasteiger partial charge in [-0.1, -0.05) is 11.6 Å². The minimum atomic E-state index is -0.117. The highest BCUT2D eigenvalue weighted by Gasteiger charge is 2.21. The van der Waals surface area contributed by atoms with Crippen molar-refractivity contribution in [1.82, 2.24) is 4.90 Å². The lowest BCUT2D eigenvalue weighted by Gasteiger charge is -2.27. The van der Waals surface area contributed by atoms with Crippen molar-refractivity contribution in [1.29, 1.82) is 0 Å². The van der Waals surface area contributed by atoms with Crippen LogP contribution in [0.15, 0.2) is 18.2 Å². The van der Waals surface area contributed by atoms with Crippen LogP contribution in [0, 0.1) is 0 Å². The van der Waals surface area contributed by atoms with E-state index in [1.165, 1.54) is 0 Å². The number of ether oxygens (including phenoxy) is 1. The summed E-state index contributed by atoms with van der Waals surface area (Å²) in [5.41, 5.74) is 6.72. The topological polar surface area (TPSA) is 55.6 Å². The molecule has 1 aromatic carbocycles. The summed E-state index contributed by atoms with van der Waals surface area (Å²) in [4.78, 5) is 14.0. The molecule has 1 aliphatic rings. The van der Waals surface area contributed by atoms with Crippen LogP contribution in [0.5, 0.6) is 0 Å². The van der Waals surface area contributed by atoms with Crippen LogP contribution in [-0.4, -0.2) is 37.1 Å². The first-order chi connectivity index (χ1) is 9.08. The van der Waals surface area contributed by atoms with Gasteiger partial charge in [-0.05, 0) is 37.5 Å². The third-order valence-corrected chi connectivity index (χ3v) is 3.58.